The largest absolute Gasteiger partial charge is 0.393 e. The van der Waals surface area contributed by atoms with Crippen LogP contribution in [0.15, 0.2) is 5.38 Å². The van der Waals surface area contributed by atoms with Crippen molar-refractivity contribution in [2.45, 2.75) is 32.7 Å². The molecule has 0 fully saturated rings. The maximum absolute atomic E-state index is 12.0. The van der Waals surface area contributed by atoms with Gasteiger partial charge in [-0.2, -0.15) is 0 Å². The van der Waals surface area contributed by atoms with Crippen molar-refractivity contribution in [3.8, 4) is 0 Å². The molecule has 1 rings (SSSR count). The number of amides is 1. The van der Waals surface area contributed by atoms with E-state index < -0.39 is 0 Å². The van der Waals surface area contributed by atoms with Crippen LogP contribution in [0.3, 0.4) is 0 Å². The molecule has 94 valence electrons. The van der Waals surface area contributed by atoms with Crippen molar-refractivity contribution in [1.29, 1.82) is 0 Å². The molecule has 3 N–H and O–H groups in total. The average Bonchev–Trinajstić information content (AvgIpc) is 2.58. The highest BCUT2D eigenvalue weighted by Gasteiger charge is 2.18. The van der Waals surface area contributed by atoms with Gasteiger partial charge >= 0.3 is 0 Å². The quantitative estimate of drug-likeness (QED) is 0.820. The molecule has 0 aliphatic carbocycles. The van der Waals surface area contributed by atoms with Crippen LogP contribution in [-0.2, 0) is 0 Å². The summed E-state index contributed by atoms with van der Waals surface area (Å²) in [4.78, 5) is 12.9. The van der Waals surface area contributed by atoms with Crippen molar-refractivity contribution in [3.05, 3.63) is 20.8 Å². The van der Waals surface area contributed by atoms with Crippen molar-refractivity contribution in [2.75, 3.05) is 0 Å². The zero-order valence-corrected chi connectivity index (χ0v) is 12.1. The number of thiophene rings is 1. The third kappa shape index (κ3) is 3.94. The van der Waals surface area contributed by atoms with E-state index in [-0.39, 0.29) is 11.9 Å². The molecule has 6 heteroatoms. The first-order valence-electron chi connectivity index (χ1n) is 5.28. The van der Waals surface area contributed by atoms with Crippen molar-refractivity contribution in [2.24, 2.45) is 5.73 Å². The van der Waals surface area contributed by atoms with Gasteiger partial charge in [0.05, 0.1) is 10.0 Å². The van der Waals surface area contributed by atoms with Crippen LogP contribution in [0.25, 0.3) is 0 Å². The van der Waals surface area contributed by atoms with Crippen LogP contribution in [0.4, 0.5) is 0 Å². The summed E-state index contributed by atoms with van der Waals surface area (Å²) in [5.74, 6) is -0.156. The summed E-state index contributed by atoms with van der Waals surface area (Å²) in [6.45, 7) is 3.85. The van der Waals surface area contributed by atoms with Gasteiger partial charge < -0.3 is 11.1 Å². The van der Waals surface area contributed by atoms with E-state index in [2.05, 4.69) is 5.32 Å². The maximum Gasteiger partial charge on any atom is 0.263 e. The Morgan fingerprint density at radius 3 is 2.76 bits per heavy atom. The first kappa shape index (κ1) is 14.4. The monoisotopic (exact) mass is 290 g/mol. The lowest BCUT2D eigenvalue weighted by Crippen LogP contribution is -2.36. The summed E-state index contributed by atoms with van der Waals surface area (Å²) in [6.07, 6.45) is 1.30. The lowest BCUT2D eigenvalue weighted by Gasteiger charge is -2.15. The smallest absolute Gasteiger partial charge is 0.263 e. The lowest BCUT2D eigenvalue weighted by atomic mass is 10.1. The number of aryl methyl sites for hydroxylation is 1. The van der Waals surface area contributed by atoms with Crippen LogP contribution >= 0.6 is 35.2 Å². The van der Waals surface area contributed by atoms with E-state index in [1.807, 2.05) is 19.2 Å². The molecule has 0 bridgehead atoms. The zero-order chi connectivity index (χ0) is 13.0. The van der Waals surface area contributed by atoms with Gasteiger partial charge in [0.15, 0.2) is 0 Å². The van der Waals surface area contributed by atoms with Gasteiger partial charge in [0.25, 0.3) is 5.91 Å². The predicted octanol–water partition coefficient (Wildman–Crippen LogP) is 2.89. The number of nitrogens with one attached hydrogen (secondary N) is 1. The van der Waals surface area contributed by atoms with Crippen molar-refractivity contribution >= 4 is 46.1 Å². The van der Waals surface area contributed by atoms with E-state index in [0.29, 0.717) is 21.3 Å². The van der Waals surface area contributed by atoms with Crippen LogP contribution < -0.4 is 11.1 Å². The molecular weight excluding hydrogens is 276 g/mol. The second-order valence-electron chi connectivity index (χ2n) is 3.81. The molecule has 0 spiro atoms. The third-order valence-electron chi connectivity index (χ3n) is 2.38. The Bertz CT molecular complexity index is 431. The van der Waals surface area contributed by atoms with Crippen molar-refractivity contribution in [3.63, 3.8) is 0 Å². The Hall–Kier alpha value is -0.650. The molecule has 1 heterocycles. The number of carbonyl (C=O) groups is 1. The minimum Gasteiger partial charge on any atom is -0.393 e. The molecule has 0 saturated carbocycles. The molecule has 1 aromatic heterocycles. The first-order valence-corrected chi connectivity index (χ1v) is 6.95. The number of carbonyl (C=O) groups excluding carboxylic acids is 1. The molecule has 0 saturated heterocycles. The fourth-order valence-corrected chi connectivity index (χ4v) is 2.76. The fourth-order valence-electron chi connectivity index (χ4n) is 1.37. The Morgan fingerprint density at radius 1 is 1.71 bits per heavy atom. The molecule has 1 atom stereocenters. The molecule has 17 heavy (non-hydrogen) atoms. The molecule has 0 aliphatic heterocycles. The van der Waals surface area contributed by atoms with Crippen molar-refractivity contribution in [1.82, 2.24) is 5.32 Å². The van der Waals surface area contributed by atoms with Gasteiger partial charge in [-0.05, 0) is 24.3 Å². The summed E-state index contributed by atoms with van der Waals surface area (Å²) >= 11 is 12.2. The predicted molar refractivity (Wildman–Crippen MR) is 77.0 cm³/mol. The number of halogens is 1. The van der Waals surface area contributed by atoms with E-state index in [4.69, 9.17) is 29.6 Å². The lowest BCUT2D eigenvalue weighted by molar-refractivity contribution is 0.0941. The number of hydrogen-bond donors (Lipinski definition) is 2. The third-order valence-corrected chi connectivity index (χ3v) is 4.24. The van der Waals surface area contributed by atoms with E-state index in [9.17, 15) is 4.79 Å². The van der Waals surface area contributed by atoms with Gasteiger partial charge in [0.1, 0.15) is 4.88 Å². The van der Waals surface area contributed by atoms with Gasteiger partial charge in [0.2, 0.25) is 0 Å². The van der Waals surface area contributed by atoms with Crippen molar-refractivity contribution < 1.29 is 4.79 Å². The highest BCUT2D eigenvalue weighted by molar-refractivity contribution is 7.80. The summed E-state index contributed by atoms with van der Waals surface area (Å²) in [6, 6.07) is -0.0292. The van der Waals surface area contributed by atoms with Crippen LogP contribution in [0.5, 0.6) is 0 Å². The number of hydrogen-bond acceptors (Lipinski definition) is 3. The fraction of sp³-hybridized carbons (Fsp3) is 0.455. The van der Waals surface area contributed by atoms with Gasteiger partial charge in [0, 0.05) is 12.5 Å². The summed E-state index contributed by atoms with van der Waals surface area (Å²) in [5.41, 5.74) is 6.39. The molecule has 3 nitrogen and oxygen atoms in total. The second kappa shape index (κ2) is 6.33. The number of nitrogens with two attached hydrogens (primary N) is 1. The zero-order valence-electron chi connectivity index (χ0n) is 9.75. The van der Waals surface area contributed by atoms with Crippen LogP contribution in [0, 0.1) is 6.92 Å². The molecule has 1 amide bonds. The van der Waals surface area contributed by atoms with Gasteiger partial charge in [-0.15, -0.1) is 11.3 Å². The highest BCUT2D eigenvalue weighted by atomic mass is 35.5. The summed E-state index contributed by atoms with van der Waals surface area (Å²) < 4.78 is 0. The van der Waals surface area contributed by atoms with Gasteiger partial charge in [-0.3, -0.25) is 4.79 Å². The van der Waals surface area contributed by atoms with Crippen LogP contribution in [0.2, 0.25) is 5.02 Å². The Kier molecular flexibility index (Phi) is 5.36. The maximum atomic E-state index is 12.0. The number of rotatable bonds is 5. The Balaban J connectivity index is 2.71. The van der Waals surface area contributed by atoms with E-state index in [0.717, 1.165) is 12.0 Å². The molecule has 1 aromatic rings. The van der Waals surface area contributed by atoms with Gasteiger partial charge in [-0.25, -0.2) is 0 Å². The first-order chi connectivity index (χ1) is 7.95. The van der Waals surface area contributed by atoms with Crippen LogP contribution in [0.1, 0.15) is 35.0 Å². The van der Waals surface area contributed by atoms with E-state index in [1.54, 1.807) is 0 Å². The molecule has 0 aromatic carbocycles. The van der Waals surface area contributed by atoms with Gasteiger partial charge in [-0.1, -0.05) is 30.7 Å². The number of thiocarbonyl (C=S) groups is 1. The van der Waals surface area contributed by atoms with E-state index >= 15 is 0 Å². The minimum atomic E-state index is -0.156. The highest BCUT2D eigenvalue weighted by Crippen LogP contribution is 2.27. The molecule has 0 radical (unpaired) electrons. The minimum absolute atomic E-state index is 0.0292. The average molecular weight is 291 g/mol. The standard InChI is InChI=1S/C11H15ClN2OS2/c1-3-7(4-8(13)16)14-11(15)10-9(12)6(2)5-17-10/h5,7H,3-4H2,1-2H3,(H2,13,16)(H,14,15). The Labute approximate surface area is 115 Å². The summed E-state index contributed by atoms with van der Waals surface area (Å²) in [7, 11) is 0. The summed E-state index contributed by atoms with van der Waals surface area (Å²) in [5, 5.41) is 5.28. The second-order valence-corrected chi connectivity index (χ2v) is 5.59. The molecule has 1 unspecified atom stereocenters. The SMILES string of the molecule is CCC(CC(N)=S)NC(=O)c1scc(C)c1Cl. The molecule has 0 aliphatic rings. The van der Waals surface area contributed by atoms with E-state index in [1.165, 1.54) is 11.3 Å². The molecular formula is C11H15ClN2OS2. The topological polar surface area (TPSA) is 55.1 Å². The van der Waals surface area contributed by atoms with Crippen LogP contribution in [-0.4, -0.2) is 16.9 Å². The Morgan fingerprint density at radius 2 is 2.35 bits per heavy atom. The normalized spacial score (nSPS) is 12.2.